The number of hydrogen-bond acceptors (Lipinski definition) is 5. The molecule has 196 valence electrons. The highest BCUT2D eigenvalue weighted by Crippen LogP contribution is 2.17. The molecule has 0 saturated heterocycles. The molecule has 0 bridgehead atoms. The van der Waals surface area contributed by atoms with Crippen LogP contribution in [-0.2, 0) is 9.59 Å². The summed E-state index contributed by atoms with van der Waals surface area (Å²) in [6, 6.07) is 0. The Balaban J connectivity index is 0. The highest BCUT2D eigenvalue weighted by Gasteiger charge is 2.39. The lowest BCUT2D eigenvalue weighted by atomic mass is 10.0. The molecule has 0 aromatic heterocycles. The normalized spacial score (nSPS) is 14.4. The predicted molar refractivity (Wildman–Crippen MR) is 133 cm³/mol. The minimum Gasteiger partial charge on any atom is -0.543 e. The molecule has 0 fully saturated rings. The van der Waals surface area contributed by atoms with E-state index < -0.39 is 17.6 Å². The number of nitrogens with two attached hydrogens (primary N) is 1. The predicted octanol–water partition coefficient (Wildman–Crippen LogP) is 3.98. The summed E-state index contributed by atoms with van der Waals surface area (Å²) < 4.78 is 0.184. The first-order valence-corrected chi connectivity index (χ1v) is 12.8. The third-order valence-corrected chi connectivity index (χ3v) is 5.91. The summed E-state index contributed by atoms with van der Waals surface area (Å²) >= 11 is 0. The summed E-state index contributed by atoms with van der Waals surface area (Å²) in [5, 5.41) is 29.1. The first-order valence-electron chi connectivity index (χ1n) is 12.8. The van der Waals surface area contributed by atoms with Crippen molar-refractivity contribution in [3.63, 3.8) is 0 Å². The number of rotatable bonds is 19. The zero-order valence-corrected chi connectivity index (χ0v) is 22.0. The molecule has 0 radical (unpaired) electrons. The molecule has 7 nitrogen and oxygen atoms in total. The molecule has 0 rings (SSSR count). The Morgan fingerprint density at radius 1 is 0.939 bits per heavy atom. The van der Waals surface area contributed by atoms with E-state index in [1.807, 2.05) is 6.92 Å². The van der Waals surface area contributed by atoms with Gasteiger partial charge in [0.1, 0.15) is 5.97 Å². The molecular formula is C26H52N2O5. The molecule has 0 aromatic rings. The average molecular weight is 473 g/mol. The van der Waals surface area contributed by atoms with Crippen LogP contribution < -0.4 is 10.8 Å². The van der Waals surface area contributed by atoms with Crippen molar-refractivity contribution in [1.82, 2.24) is 0 Å². The van der Waals surface area contributed by atoms with Gasteiger partial charge in [-0.15, -0.1) is 0 Å². The Labute approximate surface area is 202 Å². The zero-order valence-electron chi connectivity index (χ0n) is 22.0. The minimum absolute atomic E-state index is 0.172. The smallest absolute Gasteiger partial charge is 0.303 e. The molecule has 0 aliphatic heterocycles. The largest absolute Gasteiger partial charge is 0.543 e. The van der Waals surface area contributed by atoms with Gasteiger partial charge >= 0.3 is 5.97 Å². The number of likely N-dealkylation sites (N-methyl/N-ethyl adjacent to an activating group) is 1. The molecule has 0 spiro atoms. The second-order valence-corrected chi connectivity index (χ2v) is 9.88. The maximum atomic E-state index is 10.8. The van der Waals surface area contributed by atoms with E-state index in [1.165, 1.54) is 25.7 Å². The summed E-state index contributed by atoms with van der Waals surface area (Å²) in [5.41, 5.74) is 4.47. The standard InChI is InChI=1S/C18H34O3.C8H18N2O2/c1-2-3-4-11-14-17(19)15-12-9-7-5-6-8-10-13-16-18(20)21;1-5-6-8(9,7(11)12)10(2,3)4/h9,12,17,19H,2-8,10-11,13-16H2,1H3,(H,20,21);5-6,9H2,1-4H3/b12-9-;/t17-;/m1./s1. The topological polar surface area (TPSA) is 124 Å². The SMILES string of the molecule is CCCC(N)(C(=O)[O-])[N+](C)(C)C.CCCCCC[C@@H](O)C/C=C\CCCCCCCC(=O)O. The lowest BCUT2D eigenvalue weighted by Gasteiger charge is -2.43. The Hall–Kier alpha value is -1.44. The third kappa shape index (κ3) is 18.6. The van der Waals surface area contributed by atoms with Crippen molar-refractivity contribution < 1.29 is 29.4 Å². The summed E-state index contributed by atoms with van der Waals surface area (Å²) in [4.78, 5) is 21.1. The fourth-order valence-electron chi connectivity index (χ4n) is 3.46. The van der Waals surface area contributed by atoms with E-state index in [0.29, 0.717) is 12.8 Å². The van der Waals surface area contributed by atoms with E-state index in [4.69, 9.17) is 10.8 Å². The quantitative estimate of drug-likeness (QED) is 0.113. The molecule has 33 heavy (non-hydrogen) atoms. The Morgan fingerprint density at radius 3 is 2.00 bits per heavy atom. The summed E-state index contributed by atoms with van der Waals surface area (Å²) in [6.07, 6.45) is 18.5. The molecule has 1 unspecified atom stereocenters. The molecule has 4 N–H and O–H groups in total. The number of hydrogen-bond donors (Lipinski definition) is 3. The monoisotopic (exact) mass is 472 g/mol. The number of carbonyl (C=O) groups is 2. The Morgan fingerprint density at radius 2 is 1.52 bits per heavy atom. The van der Waals surface area contributed by atoms with Crippen LogP contribution in [0.4, 0.5) is 0 Å². The molecule has 0 heterocycles. The number of nitrogens with zero attached hydrogens (tertiary/aromatic N) is 1. The Kier molecular flexibility index (Phi) is 20.4. The van der Waals surface area contributed by atoms with Crippen LogP contribution >= 0.6 is 0 Å². The van der Waals surface area contributed by atoms with E-state index >= 15 is 0 Å². The van der Waals surface area contributed by atoms with Gasteiger partial charge in [-0.1, -0.05) is 70.9 Å². The minimum atomic E-state index is -1.27. The van der Waals surface area contributed by atoms with Gasteiger partial charge in [-0.05, 0) is 38.5 Å². The highest BCUT2D eigenvalue weighted by atomic mass is 16.4. The van der Waals surface area contributed by atoms with Crippen molar-refractivity contribution in [2.45, 2.75) is 122 Å². The molecule has 7 heteroatoms. The van der Waals surface area contributed by atoms with Crippen LogP contribution in [0.5, 0.6) is 0 Å². The number of allylic oxidation sites excluding steroid dienone is 1. The Bertz CT molecular complexity index is 531. The summed E-state index contributed by atoms with van der Waals surface area (Å²) in [7, 11) is 5.27. The van der Waals surface area contributed by atoms with Gasteiger partial charge < -0.3 is 24.6 Å². The summed E-state index contributed by atoms with van der Waals surface area (Å²) in [5.74, 6) is -1.87. The van der Waals surface area contributed by atoms with Gasteiger partial charge in [0.05, 0.1) is 27.2 Å². The highest BCUT2D eigenvalue weighted by molar-refractivity contribution is 5.74. The van der Waals surface area contributed by atoms with Gasteiger partial charge in [0.25, 0.3) is 0 Å². The van der Waals surface area contributed by atoms with Gasteiger partial charge in [-0.25, -0.2) is 0 Å². The van der Waals surface area contributed by atoms with Crippen molar-refractivity contribution in [3.05, 3.63) is 12.2 Å². The lowest BCUT2D eigenvalue weighted by molar-refractivity contribution is -0.916. The van der Waals surface area contributed by atoms with Crippen LogP contribution in [0.25, 0.3) is 0 Å². The lowest BCUT2D eigenvalue weighted by Crippen LogP contribution is -2.71. The number of aliphatic carboxylic acids is 2. The number of aliphatic hydroxyl groups is 1. The molecule has 0 saturated carbocycles. The first-order chi connectivity index (χ1) is 15.4. The van der Waals surface area contributed by atoms with E-state index in [2.05, 4.69) is 19.1 Å². The van der Waals surface area contributed by atoms with Crippen LogP contribution in [0.3, 0.4) is 0 Å². The van der Waals surface area contributed by atoms with E-state index in [1.54, 1.807) is 21.1 Å². The van der Waals surface area contributed by atoms with E-state index in [-0.39, 0.29) is 10.6 Å². The molecule has 0 aliphatic carbocycles. The van der Waals surface area contributed by atoms with Gasteiger partial charge in [0.15, 0.2) is 5.66 Å². The average Bonchev–Trinajstić information content (AvgIpc) is 2.72. The number of carboxylic acids is 2. The second-order valence-electron chi connectivity index (χ2n) is 9.88. The van der Waals surface area contributed by atoms with Crippen LogP contribution in [0.15, 0.2) is 12.2 Å². The number of carboxylic acid groups (broad SMARTS) is 2. The molecule has 0 aromatic carbocycles. The van der Waals surface area contributed by atoms with Gasteiger partial charge in [0, 0.05) is 12.8 Å². The van der Waals surface area contributed by atoms with Crippen molar-refractivity contribution in [2.24, 2.45) is 5.73 Å². The molecular weight excluding hydrogens is 420 g/mol. The number of unbranched alkanes of at least 4 members (excludes halogenated alkanes) is 8. The van der Waals surface area contributed by atoms with Crippen LogP contribution in [0.2, 0.25) is 0 Å². The van der Waals surface area contributed by atoms with Crippen molar-refractivity contribution in [1.29, 1.82) is 0 Å². The van der Waals surface area contributed by atoms with Crippen molar-refractivity contribution >= 4 is 11.9 Å². The maximum absolute atomic E-state index is 10.8. The van der Waals surface area contributed by atoms with Gasteiger partial charge in [0.2, 0.25) is 0 Å². The van der Waals surface area contributed by atoms with Crippen molar-refractivity contribution in [3.8, 4) is 0 Å². The van der Waals surface area contributed by atoms with Crippen LogP contribution in [0.1, 0.15) is 110 Å². The fraction of sp³-hybridized carbons (Fsp3) is 0.846. The first kappa shape index (κ1) is 33.7. The molecule has 0 aliphatic rings. The van der Waals surface area contributed by atoms with Crippen LogP contribution in [-0.4, -0.2) is 59.5 Å². The molecule has 0 amide bonds. The summed E-state index contributed by atoms with van der Waals surface area (Å²) in [6.45, 7) is 4.10. The maximum Gasteiger partial charge on any atom is 0.303 e. The number of carbonyl (C=O) groups excluding carboxylic acids is 1. The van der Waals surface area contributed by atoms with Crippen molar-refractivity contribution in [2.75, 3.05) is 21.1 Å². The number of aliphatic hydroxyl groups excluding tert-OH is 1. The van der Waals surface area contributed by atoms with Gasteiger partial charge in [-0.2, -0.15) is 0 Å². The second kappa shape index (κ2) is 20.0. The van der Waals surface area contributed by atoms with Gasteiger partial charge in [-0.3, -0.25) is 10.5 Å². The zero-order chi connectivity index (χ0) is 25.8. The van der Waals surface area contributed by atoms with Crippen LogP contribution in [0, 0.1) is 0 Å². The third-order valence-electron chi connectivity index (χ3n) is 5.91. The molecule has 2 atom stereocenters. The van der Waals surface area contributed by atoms with E-state index in [0.717, 1.165) is 57.8 Å². The number of quaternary nitrogens is 1. The van der Waals surface area contributed by atoms with E-state index in [9.17, 15) is 19.8 Å². The fourth-order valence-corrected chi connectivity index (χ4v) is 3.46.